The average Bonchev–Trinajstić information content (AvgIpc) is 3.27. The summed E-state index contributed by atoms with van der Waals surface area (Å²) in [5.74, 6) is -1.66. The molecule has 0 spiro atoms. The number of benzene rings is 1. The fourth-order valence-corrected chi connectivity index (χ4v) is 3.73. The second-order valence-electron chi connectivity index (χ2n) is 5.45. The largest absolute Gasteiger partial charge is 0.446 e. The van der Waals surface area contributed by atoms with Crippen molar-refractivity contribution >= 4 is 33.2 Å². The van der Waals surface area contributed by atoms with Crippen LogP contribution in [0.4, 0.5) is 4.39 Å². The summed E-state index contributed by atoms with van der Waals surface area (Å²) in [7, 11) is -3.60. The summed E-state index contributed by atoms with van der Waals surface area (Å²) >= 11 is 11.3. The molecule has 0 atom stereocenters. The van der Waals surface area contributed by atoms with Crippen molar-refractivity contribution < 1.29 is 22.0 Å². The SMILES string of the molecule is O=c1onc(-c2nonc2CNS(=O)(=O)CCCCl)n1-c1ccc(F)c(Cl)c1. The molecule has 0 unspecified atom stereocenters. The lowest BCUT2D eigenvalue weighted by molar-refractivity contribution is 0.303. The molecule has 3 aromatic rings. The fourth-order valence-electron chi connectivity index (χ4n) is 2.24. The van der Waals surface area contributed by atoms with Crippen molar-refractivity contribution in [2.45, 2.75) is 13.0 Å². The molecule has 10 nitrogen and oxygen atoms in total. The van der Waals surface area contributed by atoms with Crippen molar-refractivity contribution in [3.8, 4) is 17.2 Å². The summed E-state index contributed by atoms with van der Waals surface area (Å²) in [4.78, 5) is 12.1. The van der Waals surface area contributed by atoms with Crippen molar-refractivity contribution in [1.82, 2.24) is 24.8 Å². The summed E-state index contributed by atoms with van der Waals surface area (Å²) < 4.78 is 49.8. The molecule has 28 heavy (non-hydrogen) atoms. The van der Waals surface area contributed by atoms with Gasteiger partial charge in [0.25, 0.3) is 0 Å². The van der Waals surface area contributed by atoms with E-state index in [0.29, 0.717) is 0 Å². The van der Waals surface area contributed by atoms with Gasteiger partial charge in [-0.15, -0.1) is 11.6 Å². The van der Waals surface area contributed by atoms with Crippen LogP contribution in [0.1, 0.15) is 12.1 Å². The van der Waals surface area contributed by atoms with E-state index in [0.717, 1.165) is 10.6 Å². The molecular weight excluding hydrogens is 440 g/mol. The van der Waals surface area contributed by atoms with E-state index in [4.69, 9.17) is 23.2 Å². The molecule has 150 valence electrons. The highest BCUT2D eigenvalue weighted by atomic mass is 35.5. The van der Waals surface area contributed by atoms with Gasteiger partial charge in [0.1, 0.15) is 11.5 Å². The highest BCUT2D eigenvalue weighted by molar-refractivity contribution is 7.89. The number of halogens is 3. The van der Waals surface area contributed by atoms with Gasteiger partial charge < -0.3 is 0 Å². The second-order valence-corrected chi connectivity index (χ2v) is 8.16. The monoisotopic (exact) mass is 451 g/mol. The number of alkyl halides is 1. The van der Waals surface area contributed by atoms with E-state index < -0.39 is 21.6 Å². The first-order valence-corrected chi connectivity index (χ1v) is 10.3. The van der Waals surface area contributed by atoms with E-state index in [-0.39, 0.29) is 52.5 Å². The third-order valence-corrected chi connectivity index (χ3v) is 5.51. The first kappa shape index (κ1) is 20.5. The number of aromatic nitrogens is 4. The number of hydrogen-bond acceptors (Lipinski definition) is 8. The van der Waals surface area contributed by atoms with Crippen LogP contribution in [-0.2, 0) is 16.6 Å². The Kier molecular flexibility index (Phi) is 6.13. The van der Waals surface area contributed by atoms with Crippen LogP contribution in [0.5, 0.6) is 0 Å². The lowest BCUT2D eigenvalue weighted by Crippen LogP contribution is -2.26. The predicted molar refractivity (Wildman–Crippen MR) is 96.3 cm³/mol. The molecule has 0 amide bonds. The van der Waals surface area contributed by atoms with Crippen LogP contribution in [0.25, 0.3) is 17.2 Å². The molecule has 0 aliphatic heterocycles. The van der Waals surface area contributed by atoms with Gasteiger partial charge in [0, 0.05) is 5.88 Å². The molecule has 0 saturated carbocycles. The smallest absolute Gasteiger partial charge is 0.295 e. The van der Waals surface area contributed by atoms with Gasteiger partial charge in [-0.3, -0.25) is 4.52 Å². The van der Waals surface area contributed by atoms with Crippen molar-refractivity contribution in [1.29, 1.82) is 0 Å². The Hall–Kier alpha value is -2.28. The minimum atomic E-state index is -3.60. The Morgan fingerprint density at radius 3 is 2.75 bits per heavy atom. The van der Waals surface area contributed by atoms with Gasteiger partial charge in [0.15, 0.2) is 5.69 Å². The van der Waals surface area contributed by atoms with Gasteiger partial charge in [0.2, 0.25) is 15.8 Å². The zero-order valence-electron chi connectivity index (χ0n) is 13.9. The molecule has 0 bridgehead atoms. The highest BCUT2D eigenvalue weighted by Crippen LogP contribution is 2.23. The normalized spacial score (nSPS) is 11.8. The van der Waals surface area contributed by atoms with Crippen LogP contribution in [-0.4, -0.2) is 40.1 Å². The van der Waals surface area contributed by atoms with Gasteiger partial charge in [0.05, 0.1) is 23.0 Å². The van der Waals surface area contributed by atoms with Crippen molar-refractivity contribution in [2.24, 2.45) is 0 Å². The lowest BCUT2D eigenvalue weighted by atomic mass is 10.2. The fraction of sp³-hybridized carbons (Fsp3) is 0.286. The van der Waals surface area contributed by atoms with E-state index in [1.165, 1.54) is 12.1 Å². The molecule has 2 aromatic heterocycles. The van der Waals surface area contributed by atoms with Crippen LogP contribution in [0, 0.1) is 5.82 Å². The summed E-state index contributed by atoms with van der Waals surface area (Å²) in [5, 5.41) is 10.7. The maximum Gasteiger partial charge on any atom is 0.446 e. The van der Waals surface area contributed by atoms with Crippen molar-refractivity contribution in [2.75, 3.05) is 11.6 Å². The Bertz CT molecular complexity index is 1140. The van der Waals surface area contributed by atoms with Gasteiger partial charge in [-0.2, -0.15) is 0 Å². The van der Waals surface area contributed by atoms with E-state index in [1.54, 1.807) is 0 Å². The molecule has 1 N–H and O–H groups in total. The molecule has 0 saturated heterocycles. The van der Waals surface area contributed by atoms with Crippen LogP contribution < -0.4 is 10.5 Å². The highest BCUT2D eigenvalue weighted by Gasteiger charge is 2.24. The number of nitrogens with one attached hydrogen (secondary N) is 1. The summed E-state index contributed by atoms with van der Waals surface area (Å²) in [5.41, 5.74) is 0.181. The number of hydrogen-bond donors (Lipinski definition) is 1. The molecule has 0 aliphatic rings. The minimum absolute atomic E-state index is 0.0358. The molecule has 14 heteroatoms. The number of nitrogens with zero attached hydrogens (tertiary/aromatic N) is 4. The summed E-state index contributed by atoms with van der Waals surface area (Å²) in [6, 6.07) is 3.54. The molecular formula is C14H12Cl2FN5O5S. The van der Waals surface area contributed by atoms with Crippen molar-refractivity contribution in [3.05, 3.63) is 45.3 Å². The molecule has 1 aromatic carbocycles. The van der Waals surface area contributed by atoms with E-state index >= 15 is 0 Å². The Balaban J connectivity index is 1.94. The van der Waals surface area contributed by atoms with Gasteiger partial charge in [-0.05, 0) is 29.8 Å². The zero-order chi connectivity index (χ0) is 20.3. The van der Waals surface area contributed by atoms with Gasteiger partial charge in [-0.1, -0.05) is 21.9 Å². The number of sulfonamides is 1. The standard InChI is InChI=1S/C14H12Cl2FN5O5S/c15-4-1-5-28(24,25)18-7-11-12(20-27-19-11)13-21-26-14(23)22(13)8-2-3-10(17)9(16)6-8/h2-3,6,18H,1,4-5,7H2. The molecule has 0 aliphatic carbocycles. The Morgan fingerprint density at radius 1 is 1.25 bits per heavy atom. The topological polar surface area (TPSA) is 133 Å². The van der Waals surface area contributed by atoms with E-state index in [1.807, 2.05) is 0 Å². The first-order valence-electron chi connectivity index (χ1n) is 7.71. The minimum Gasteiger partial charge on any atom is -0.295 e. The van der Waals surface area contributed by atoms with Crippen LogP contribution >= 0.6 is 23.2 Å². The van der Waals surface area contributed by atoms with Gasteiger partial charge >= 0.3 is 5.76 Å². The van der Waals surface area contributed by atoms with Crippen molar-refractivity contribution in [3.63, 3.8) is 0 Å². The van der Waals surface area contributed by atoms with Crippen LogP contribution in [0.15, 0.2) is 32.1 Å². The Labute approximate surface area is 167 Å². The molecule has 3 rings (SSSR count). The van der Waals surface area contributed by atoms with Gasteiger partial charge in [-0.25, -0.2) is 31.5 Å². The summed E-state index contributed by atoms with van der Waals surface area (Å²) in [6.07, 6.45) is 0.273. The molecule has 0 fully saturated rings. The molecule has 0 radical (unpaired) electrons. The van der Waals surface area contributed by atoms with E-state index in [2.05, 4.69) is 29.3 Å². The third-order valence-electron chi connectivity index (χ3n) is 3.54. The van der Waals surface area contributed by atoms with Crippen LogP contribution in [0.3, 0.4) is 0 Å². The zero-order valence-corrected chi connectivity index (χ0v) is 16.3. The molecule has 2 heterocycles. The third kappa shape index (κ3) is 4.41. The quantitative estimate of drug-likeness (QED) is 0.511. The first-order chi connectivity index (χ1) is 13.3. The maximum atomic E-state index is 13.4. The second kappa shape index (κ2) is 8.39. The maximum absolute atomic E-state index is 13.4. The van der Waals surface area contributed by atoms with Crippen LogP contribution in [0.2, 0.25) is 5.02 Å². The average molecular weight is 452 g/mol. The Morgan fingerprint density at radius 2 is 2.04 bits per heavy atom. The lowest BCUT2D eigenvalue weighted by Gasteiger charge is -2.06. The summed E-state index contributed by atoms with van der Waals surface area (Å²) in [6.45, 7) is -0.269. The predicted octanol–water partition coefficient (Wildman–Crippen LogP) is 1.72. The number of rotatable bonds is 8. The van der Waals surface area contributed by atoms with E-state index in [9.17, 15) is 17.6 Å².